The number of fused-ring (bicyclic) bond motifs is 20. The lowest BCUT2D eigenvalue weighted by atomic mass is 9.86. The van der Waals surface area contributed by atoms with Crippen LogP contribution in [-0.2, 0) is 0 Å². The Balaban J connectivity index is 0.000000105. The second kappa shape index (κ2) is 31.1. The minimum Gasteiger partial charge on any atom is -0.456 e. The fourth-order valence-corrected chi connectivity index (χ4v) is 20.6. The molecular formula is C126H78O3. The van der Waals surface area contributed by atoms with E-state index in [1.807, 2.05) is 0 Å². The van der Waals surface area contributed by atoms with E-state index in [1.165, 1.54) is 197 Å². The molecule has 0 amide bonds. The molecule has 0 bridgehead atoms. The standard InChI is InChI=1S/3C42H26O/c1-2-11-29(12-3-1)40-33-14-6-8-16-35(33)41(36-17-9-7-15-34(36)40)30-20-18-27(19-21-30)31-23-24-38-37(26-31)42-32-13-5-4-10-28(32)22-25-39(42)43-38;1-2-11-29(12-3-1)40-33-14-6-8-16-35(33)41(36-17-9-7-15-34(36)40)30-20-18-27(19-21-30)31-23-25-39-38(26-31)37-24-22-28-10-4-5-13-32(28)42(37)43-39;1-2-10-28(11-3-1)41-33-14-6-8-16-35(33)42(36-17-9-7-15-34(36)41)29-20-18-27(19-21-29)32-22-23-39-37(25-32)38-24-30-12-4-5-13-31(30)26-40(38)43-39/h3*1-26H. The number of furan rings is 3. The van der Waals surface area contributed by atoms with Crippen molar-refractivity contribution in [3.63, 3.8) is 0 Å². The molecule has 27 rings (SSSR count). The van der Waals surface area contributed by atoms with Crippen LogP contribution < -0.4 is 0 Å². The second-order valence-corrected chi connectivity index (χ2v) is 33.8. The van der Waals surface area contributed by atoms with Crippen molar-refractivity contribution >= 4 is 163 Å². The van der Waals surface area contributed by atoms with Gasteiger partial charge in [0.05, 0.1) is 0 Å². The first kappa shape index (κ1) is 74.6. The summed E-state index contributed by atoms with van der Waals surface area (Å²) in [5.41, 5.74) is 27.8. The quantitative estimate of drug-likeness (QED) is 0.135. The van der Waals surface area contributed by atoms with Crippen LogP contribution in [0.25, 0.3) is 263 Å². The van der Waals surface area contributed by atoms with Gasteiger partial charge in [0.1, 0.15) is 33.5 Å². The molecule has 3 heterocycles. The summed E-state index contributed by atoms with van der Waals surface area (Å²) in [6.45, 7) is 0. The van der Waals surface area contributed by atoms with Crippen LogP contribution in [0.1, 0.15) is 0 Å². The zero-order valence-corrected chi connectivity index (χ0v) is 70.3. The maximum absolute atomic E-state index is 6.36. The van der Waals surface area contributed by atoms with E-state index < -0.39 is 0 Å². The van der Waals surface area contributed by atoms with Crippen LogP contribution in [0.4, 0.5) is 0 Å². The summed E-state index contributed by atoms with van der Waals surface area (Å²) in [4.78, 5) is 0. The molecule has 27 aromatic rings. The molecule has 129 heavy (non-hydrogen) atoms. The molecule has 0 radical (unpaired) electrons. The highest BCUT2D eigenvalue weighted by molar-refractivity contribution is 6.26. The Morgan fingerprint density at radius 1 is 0.109 bits per heavy atom. The molecule has 3 aromatic heterocycles. The Morgan fingerprint density at radius 2 is 0.349 bits per heavy atom. The van der Waals surface area contributed by atoms with Crippen LogP contribution in [-0.4, -0.2) is 0 Å². The first-order chi connectivity index (χ1) is 64.0. The predicted octanol–water partition coefficient (Wildman–Crippen LogP) is 36.1. The monoisotopic (exact) mass is 1640 g/mol. The molecule has 3 nitrogen and oxygen atoms in total. The van der Waals surface area contributed by atoms with E-state index in [9.17, 15) is 0 Å². The van der Waals surface area contributed by atoms with E-state index in [2.05, 4.69) is 473 Å². The summed E-state index contributed by atoms with van der Waals surface area (Å²) < 4.78 is 18.9. The van der Waals surface area contributed by atoms with Crippen molar-refractivity contribution in [1.29, 1.82) is 0 Å². The van der Waals surface area contributed by atoms with Crippen LogP contribution in [0.3, 0.4) is 0 Å². The molecule has 0 aliphatic rings. The Morgan fingerprint density at radius 3 is 0.729 bits per heavy atom. The maximum atomic E-state index is 6.36. The SMILES string of the molecule is c1ccc(-c2c3ccccc3c(-c3ccc(-c4ccc5oc6c7ccccc7ccc6c5c4)cc3)c3ccccc23)cc1.c1ccc(-c2c3ccccc3c(-c3ccc(-c4ccc5oc6cc7ccccc7cc6c5c4)cc3)c3ccccc23)cc1.c1ccc(-c2c3ccccc3c(-c3ccc(-c4ccc5oc6ccc7ccccc7c6c5c4)cc3)c3ccccc23)cc1. The molecule has 24 aromatic carbocycles. The summed E-state index contributed by atoms with van der Waals surface area (Å²) in [6.07, 6.45) is 0. The van der Waals surface area contributed by atoms with E-state index in [-0.39, 0.29) is 0 Å². The molecule has 0 fully saturated rings. The van der Waals surface area contributed by atoms with Crippen LogP contribution in [0.15, 0.2) is 486 Å². The van der Waals surface area contributed by atoms with E-state index in [1.54, 1.807) is 0 Å². The number of hydrogen-bond acceptors (Lipinski definition) is 3. The lowest BCUT2D eigenvalue weighted by molar-refractivity contribution is 0.669. The van der Waals surface area contributed by atoms with Crippen molar-refractivity contribution in [2.75, 3.05) is 0 Å². The van der Waals surface area contributed by atoms with Crippen LogP contribution in [0.2, 0.25) is 0 Å². The molecule has 0 saturated carbocycles. The van der Waals surface area contributed by atoms with Crippen molar-refractivity contribution in [2.24, 2.45) is 0 Å². The molecule has 0 saturated heterocycles. The van der Waals surface area contributed by atoms with Crippen molar-refractivity contribution in [3.8, 4) is 100 Å². The van der Waals surface area contributed by atoms with Gasteiger partial charge < -0.3 is 13.3 Å². The Kier molecular flexibility index (Phi) is 18.0. The minimum absolute atomic E-state index is 0.919. The number of rotatable bonds is 9. The van der Waals surface area contributed by atoms with Crippen molar-refractivity contribution in [1.82, 2.24) is 0 Å². The van der Waals surface area contributed by atoms with E-state index >= 15 is 0 Å². The smallest absolute Gasteiger partial charge is 0.143 e. The van der Waals surface area contributed by atoms with Gasteiger partial charge >= 0.3 is 0 Å². The Labute approximate surface area is 744 Å². The third-order valence-electron chi connectivity index (χ3n) is 26.6. The molecule has 0 atom stereocenters. The fraction of sp³-hybridized carbons (Fsp3) is 0. The molecule has 0 aliphatic carbocycles. The molecule has 3 heteroatoms. The van der Waals surface area contributed by atoms with Crippen molar-refractivity contribution in [2.45, 2.75) is 0 Å². The fourth-order valence-electron chi connectivity index (χ4n) is 20.6. The summed E-state index contributed by atoms with van der Waals surface area (Å²) in [5.74, 6) is 0. The van der Waals surface area contributed by atoms with Gasteiger partial charge in [0.25, 0.3) is 0 Å². The zero-order valence-electron chi connectivity index (χ0n) is 70.3. The first-order valence-corrected chi connectivity index (χ1v) is 44.3. The Bertz CT molecular complexity index is 8730. The highest BCUT2D eigenvalue weighted by Gasteiger charge is 2.23. The van der Waals surface area contributed by atoms with Gasteiger partial charge in [0.2, 0.25) is 0 Å². The lowest BCUT2D eigenvalue weighted by Crippen LogP contribution is -1.90. The maximum Gasteiger partial charge on any atom is 0.143 e. The van der Waals surface area contributed by atoms with Gasteiger partial charge in [-0.1, -0.05) is 413 Å². The molecular weight excluding hydrogens is 1560 g/mol. The average molecular weight is 1640 g/mol. The third kappa shape index (κ3) is 12.8. The first-order valence-electron chi connectivity index (χ1n) is 44.3. The van der Waals surface area contributed by atoms with Gasteiger partial charge in [0, 0.05) is 37.7 Å². The lowest BCUT2D eigenvalue weighted by Gasteiger charge is -2.18. The van der Waals surface area contributed by atoms with Gasteiger partial charge in [-0.25, -0.2) is 0 Å². The topological polar surface area (TPSA) is 39.4 Å². The van der Waals surface area contributed by atoms with E-state index in [4.69, 9.17) is 13.3 Å². The molecule has 0 aliphatic heterocycles. The normalized spacial score (nSPS) is 11.7. The highest BCUT2D eigenvalue weighted by atomic mass is 16.3. The van der Waals surface area contributed by atoms with Crippen molar-refractivity contribution < 1.29 is 13.3 Å². The van der Waals surface area contributed by atoms with E-state index in [0.29, 0.717) is 0 Å². The van der Waals surface area contributed by atoms with Crippen molar-refractivity contribution in [3.05, 3.63) is 473 Å². The van der Waals surface area contributed by atoms with Crippen LogP contribution in [0.5, 0.6) is 0 Å². The average Bonchev–Trinajstić information content (AvgIpc) is 1.73. The van der Waals surface area contributed by atoms with Gasteiger partial charge in [0.15, 0.2) is 0 Å². The molecule has 600 valence electrons. The number of hydrogen-bond donors (Lipinski definition) is 0. The van der Waals surface area contributed by atoms with E-state index in [0.717, 1.165) is 65.8 Å². The molecule has 0 unspecified atom stereocenters. The second-order valence-electron chi connectivity index (χ2n) is 33.8. The van der Waals surface area contributed by atoms with Gasteiger partial charge in [-0.15, -0.1) is 0 Å². The molecule has 0 spiro atoms. The summed E-state index contributed by atoms with van der Waals surface area (Å²) in [5, 5.41) is 29.4. The zero-order chi connectivity index (χ0) is 85.0. The summed E-state index contributed by atoms with van der Waals surface area (Å²) in [7, 11) is 0. The highest BCUT2D eigenvalue weighted by Crippen LogP contribution is 2.50. The minimum atomic E-state index is 0.919. The molecule has 0 N–H and O–H groups in total. The van der Waals surface area contributed by atoms with Gasteiger partial charge in [-0.2, -0.15) is 0 Å². The number of benzene rings is 24. The van der Waals surface area contributed by atoms with Gasteiger partial charge in [-0.3, -0.25) is 0 Å². The largest absolute Gasteiger partial charge is 0.456 e. The summed E-state index contributed by atoms with van der Waals surface area (Å²) in [6, 6.07) is 170. The van der Waals surface area contributed by atoms with Crippen LogP contribution >= 0.6 is 0 Å². The van der Waals surface area contributed by atoms with Gasteiger partial charge in [-0.05, 0) is 252 Å². The summed E-state index contributed by atoms with van der Waals surface area (Å²) >= 11 is 0. The Hall–Kier alpha value is -17.0. The third-order valence-corrected chi connectivity index (χ3v) is 26.6. The predicted molar refractivity (Wildman–Crippen MR) is 548 cm³/mol. The van der Waals surface area contributed by atoms with Crippen LogP contribution in [0, 0.1) is 0 Å².